The summed E-state index contributed by atoms with van der Waals surface area (Å²) < 4.78 is 7.58. The van der Waals surface area contributed by atoms with Crippen LogP contribution in [0.5, 0.6) is 5.75 Å². The van der Waals surface area contributed by atoms with Crippen molar-refractivity contribution in [3.8, 4) is 5.75 Å². The maximum Gasteiger partial charge on any atom is 0.119 e. The highest BCUT2D eigenvalue weighted by atomic mass is 35.5. The lowest BCUT2D eigenvalue weighted by Gasteiger charge is -2.04. The SMILES string of the molecule is COc1ccc2c(c1)c(Cc1ccccc1)cn2CCCl. The molecule has 2 nitrogen and oxygen atoms in total. The van der Waals surface area contributed by atoms with Gasteiger partial charge in [0.1, 0.15) is 5.75 Å². The fourth-order valence-corrected chi connectivity index (χ4v) is 2.89. The summed E-state index contributed by atoms with van der Waals surface area (Å²) in [4.78, 5) is 0. The summed E-state index contributed by atoms with van der Waals surface area (Å²) in [7, 11) is 1.70. The van der Waals surface area contributed by atoms with Crippen LogP contribution >= 0.6 is 11.6 Å². The zero-order valence-corrected chi connectivity index (χ0v) is 12.8. The van der Waals surface area contributed by atoms with E-state index in [4.69, 9.17) is 16.3 Å². The minimum absolute atomic E-state index is 0.612. The van der Waals surface area contributed by atoms with E-state index in [-0.39, 0.29) is 0 Å². The predicted molar refractivity (Wildman–Crippen MR) is 88.5 cm³/mol. The molecule has 0 unspecified atom stereocenters. The van der Waals surface area contributed by atoms with Crippen LogP contribution < -0.4 is 4.74 Å². The van der Waals surface area contributed by atoms with E-state index in [1.54, 1.807) is 7.11 Å². The van der Waals surface area contributed by atoms with Crippen LogP contribution in [0.25, 0.3) is 10.9 Å². The van der Waals surface area contributed by atoms with Gasteiger partial charge in [0.25, 0.3) is 0 Å². The lowest BCUT2D eigenvalue weighted by atomic mass is 10.0. The Hall–Kier alpha value is -1.93. The molecule has 108 valence electrons. The Balaban J connectivity index is 2.07. The average molecular weight is 300 g/mol. The number of rotatable bonds is 5. The van der Waals surface area contributed by atoms with Crippen LogP contribution in [0.2, 0.25) is 0 Å². The van der Waals surface area contributed by atoms with Crippen LogP contribution in [0.4, 0.5) is 0 Å². The van der Waals surface area contributed by atoms with Gasteiger partial charge in [-0.3, -0.25) is 0 Å². The maximum atomic E-state index is 5.92. The molecule has 3 aromatic rings. The number of nitrogens with zero attached hydrogens (tertiary/aromatic N) is 1. The van der Waals surface area contributed by atoms with Gasteiger partial charge in [-0.05, 0) is 35.7 Å². The Kier molecular flexibility index (Phi) is 4.16. The lowest BCUT2D eigenvalue weighted by Crippen LogP contribution is -1.96. The molecule has 0 amide bonds. The van der Waals surface area contributed by atoms with Crippen molar-refractivity contribution in [2.75, 3.05) is 13.0 Å². The third kappa shape index (κ3) is 2.91. The molecule has 3 rings (SSSR count). The van der Waals surface area contributed by atoms with Crippen molar-refractivity contribution < 1.29 is 4.74 Å². The number of aryl methyl sites for hydroxylation is 1. The van der Waals surface area contributed by atoms with Crippen LogP contribution in [-0.2, 0) is 13.0 Å². The van der Waals surface area contributed by atoms with Crippen molar-refractivity contribution >= 4 is 22.5 Å². The number of hydrogen-bond donors (Lipinski definition) is 0. The van der Waals surface area contributed by atoms with Gasteiger partial charge in [0.15, 0.2) is 0 Å². The molecule has 0 atom stereocenters. The molecule has 0 N–H and O–H groups in total. The highest BCUT2D eigenvalue weighted by molar-refractivity contribution is 6.17. The van der Waals surface area contributed by atoms with Crippen molar-refractivity contribution in [3.05, 3.63) is 65.9 Å². The van der Waals surface area contributed by atoms with E-state index in [9.17, 15) is 0 Å². The first-order valence-electron chi connectivity index (χ1n) is 7.07. The van der Waals surface area contributed by atoms with Gasteiger partial charge < -0.3 is 9.30 Å². The number of halogens is 1. The van der Waals surface area contributed by atoms with E-state index in [1.807, 2.05) is 12.1 Å². The van der Waals surface area contributed by atoms with Crippen LogP contribution in [0.1, 0.15) is 11.1 Å². The molecule has 0 bridgehead atoms. The topological polar surface area (TPSA) is 14.2 Å². The highest BCUT2D eigenvalue weighted by Gasteiger charge is 2.10. The summed E-state index contributed by atoms with van der Waals surface area (Å²) in [5.41, 5.74) is 3.83. The number of fused-ring (bicyclic) bond motifs is 1. The predicted octanol–water partition coefficient (Wildman–Crippen LogP) is 4.48. The van der Waals surface area contributed by atoms with Gasteiger partial charge in [-0.25, -0.2) is 0 Å². The number of benzene rings is 2. The number of methoxy groups -OCH3 is 1. The van der Waals surface area contributed by atoms with E-state index in [0.29, 0.717) is 5.88 Å². The number of ether oxygens (including phenoxy) is 1. The Morgan fingerprint density at radius 2 is 1.90 bits per heavy atom. The number of alkyl halides is 1. The van der Waals surface area contributed by atoms with Crippen molar-refractivity contribution in [1.29, 1.82) is 0 Å². The van der Waals surface area contributed by atoms with Crippen molar-refractivity contribution in [3.63, 3.8) is 0 Å². The van der Waals surface area contributed by atoms with E-state index < -0.39 is 0 Å². The van der Waals surface area contributed by atoms with Crippen LogP contribution in [0, 0.1) is 0 Å². The van der Waals surface area contributed by atoms with Gasteiger partial charge in [-0.15, -0.1) is 11.6 Å². The van der Waals surface area contributed by atoms with Crippen molar-refractivity contribution in [2.24, 2.45) is 0 Å². The van der Waals surface area contributed by atoms with Gasteiger partial charge in [0.2, 0.25) is 0 Å². The Labute approximate surface area is 129 Å². The zero-order valence-electron chi connectivity index (χ0n) is 12.1. The molecule has 0 fully saturated rings. The highest BCUT2D eigenvalue weighted by Crippen LogP contribution is 2.27. The van der Waals surface area contributed by atoms with Crippen LogP contribution in [-0.4, -0.2) is 17.6 Å². The van der Waals surface area contributed by atoms with E-state index in [0.717, 1.165) is 18.7 Å². The molecule has 2 aromatic carbocycles. The second-order valence-electron chi connectivity index (χ2n) is 5.08. The summed E-state index contributed by atoms with van der Waals surface area (Å²) >= 11 is 5.92. The lowest BCUT2D eigenvalue weighted by molar-refractivity contribution is 0.415. The summed E-state index contributed by atoms with van der Waals surface area (Å²) in [6, 6.07) is 16.7. The Bertz CT molecular complexity index is 734. The van der Waals surface area contributed by atoms with E-state index in [1.165, 1.54) is 22.0 Å². The maximum absolute atomic E-state index is 5.92. The monoisotopic (exact) mass is 299 g/mol. The molecule has 21 heavy (non-hydrogen) atoms. The molecule has 0 saturated carbocycles. The second-order valence-corrected chi connectivity index (χ2v) is 5.46. The van der Waals surface area contributed by atoms with Gasteiger partial charge >= 0.3 is 0 Å². The summed E-state index contributed by atoms with van der Waals surface area (Å²) in [5, 5.41) is 1.24. The Morgan fingerprint density at radius 3 is 2.62 bits per heavy atom. The molecule has 1 heterocycles. The van der Waals surface area contributed by atoms with E-state index >= 15 is 0 Å². The molecule has 1 aromatic heterocycles. The largest absolute Gasteiger partial charge is 0.497 e. The number of hydrogen-bond acceptors (Lipinski definition) is 1. The Morgan fingerprint density at radius 1 is 1.10 bits per heavy atom. The molecular formula is C18H18ClNO. The normalized spacial score (nSPS) is 11.0. The first-order chi connectivity index (χ1) is 10.3. The number of aromatic nitrogens is 1. The third-order valence-corrected chi connectivity index (χ3v) is 3.90. The van der Waals surface area contributed by atoms with Gasteiger partial charge in [-0.2, -0.15) is 0 Å². The van der Waals surface area contributed by atoms with Gasteiger partial charge in [0, 0.05) is 29.5 Å². The molecule has 0 saturated heterocycles. The summed E-state index contributed by atoms with van der Waals surface area (Å²) in [6.07, 6.45) is 3.12. The first kappa shape index (κ1) is 14.0. The van der Waals surface area contributed by atoms with Crippen LogP contribution in [0.15, 0.2) is 54.7 Å². The van der Waals surface area contributed by atoms with Gasteiger partial charge in [-0.1, -0.05) is 30.3 Å². The van der Waals surface area contributed by atoms with Crippen molar-refractivity contribution in [1.82, 2.24) is 4.57 Å². The quantitative estimate of drug-likeness (QED) is 0.634. The molecule has 0 aliphatic heterocycles. The fourth-order valence-electron chi connectivity index (χ4n) is 2.71. The fraction of sp³-hybridized carbons (Fsp3) is 0.222. The molecule has 0 aliphatic carbocycles. The average Bonchev–Trinajstić information content (AvgIpc) is 2.86. The summed E-state index contributed by atoms with van der Waals surface area (Å²) in [6.45, 7) is 0.819. The standard InChI is InChI=1S/C18H18ClNO/c1-21-16-7-8-18-17(12-16)15(13-20(18)10-9-19)11-14-5-3-2-4-6-14/h2-8,12-13H,9-11H2,1H3. The minimum Gasteiger partial charge on any atom is -0.497 e. The smallest absolute Gasteiger partial charge is 0.119 e. The third-order valence-electron chi connectivity index (χ3n) is 3.73. The second kappa shape index (κ2) is 6.23. The first-order valence-corrected chi connectivity index (χ1v) is 7.61. The summed E-state index contributed by atoms with van der Waals surface area (Å²) in [5.74, 6) is 1.50. The van der Waals surface area contributed by atoms with Crippen molar-refractivity contribution in [2.45, 2.75) is 13.0 Å². The molecule has 0 radical (unpaired) electrons. The molecule has 0 aliphatic rings. The molecule has 3 heteroatoms. The van der Waals surface area contributed by atoms with Crippen LogP contribution in [0.3, 0.4) is 0 Å². The zero-order chi connectivity index (χ0) is 14.7. The molecular weight excluding hydrogens is 282 g/mol. The minimum atomic E-state index is 0.612. The molecule has 0 spiro atoms. The van der Waals surface area contributed by atoms with E-state index in [2.05, 4.69) is 47.2 Å². The van der Waals surface area contributed by atoms with Gasteiger partial charge in [0.05, 0.1) is 7.11 Å².